The van der Waals surface area contributed by atoms with E-state index in [0.717, 1.165) is 25.8 Å². The Morgan fingerprint density at radius 1 is 1.35 bits per heavy atom. The van der Waals surface area contributed by atoms with Crippen LogP contribution in [0.1, 0.15) is 25.7 Å². The molecule has 134 valence electrons. The fourth-order valence-corrected chi connectivity index (χ4v) is 4.78. The predicted octanol–water partition coefficient (Wildman–Crippen LogP) is -0.115. The number of nitrogens with one attached hydrogen (secondary N) is 1. The van der Waals surface area contributed by atoms with Gasteiger partial charge in [0.15, 0.2) is 0 Å². The lowest BCUT2D eigenvalue weighted by molar-refractivity contribution is -0.125. The topological polar surface area (TPSA) is 79.0 Å². The average molecular weight is 347 g/mol. The van der Waals surface area contributed by atoms with Crippen molar-refractivity contribution in [2.24, 2.45) is 5.41 Å². The molecule has 0 aliphatic carbocycles. The van der Waals surface area contributed by atoms with Gasteiger partial charge >= 0.3 is 0 Å². The van der Waals surface area contributed by atoms with Crippen LogP contribution < -0.4 is 5.32 Å². The number of carbonyl (C=O) groups is 1. The highest BCUT2D eigenvalue weighted by atomic mass is 32.2. The molecule has 2 aliphatic heterocycles. The Kier molecular flexibility index (Phi) is 6.05. The van der Waals surface area contributed by atoms with Crippen molar-refractivity contribution in [3.8, 4) is 0 Å². The van der Waals surface area contributed by atoms with Gasteiger partial charge in [-0.15, -0.1) is 0 Å². The van der Waals surface area contributed by atoms with Crippen LogP contribution in [0, 0.1) is 5.41 Å². The third-order valence-corrected chi connectivity index (χ3v) is 6.06. The molecule has 0 aromatic heterocycles. The molecule has 7 nitrogen and oxygen atoms in total. The Morgan fingerprint density at radius 3 is 2.57 bits per heavy atom. The first kappa shape index (κ1) is 18.6. The van der Waals surface area contributed by atoms with Gasteiger partial charge < -0.3 is 15.0 Å². The Labute approximate surface area is 139 Å². The zero-order valence-electron chi connectivity index (χ0n) is 14.4. The van der Waals surface area contributed by atoms with Gasteiger partial charge in [0.1, 0.15) is 6.04 Å². The summed E-state index contributed by atoms with van der Waals surface area (Å²) in [5, 5.41) is 3.02. The molecule has 1 amide bonds. The van der Waals surface area contributed by atoms with E-state index in [2.05, 4.69) is 10.2 Å². The first-order chi connectivity index (χ1) is 10.7. The van der Waals surface area contributed by atoms with Crippen LogP contribution in [0.5, 0.6) is 0 Å². The number of rotatable bonds is 6. The van der Waals surface area contributed by atoms with Crippen molar-refractivity contribution in [3.63, 3.8) is 0 Å². The molecule has 23 heavy (non-hydrogen) atoms. The molecule has 0 spiro atoms. The second kappa shape index (κ2) is 7.46. The number of carbonyl (C=O) groups excluding carboxylic acids is 1. The van der Waals surface area contributed by atoms with Gasteiger partial charge in [0.2, 0.25) is 15.9 Å². The van der Waals surface area contributed by atoms with Gasteiger partial charge in [-0.25, -0.2) is 8.42 Å². The molecule has 0 aromatic rings. The van der Waals surface area contributed by atoms with Crippen LogP contribution in [0.2, 0.25) is 0 Å². The summed E-state index contributed by atoms with van der Waals surface area (Å²) < 4.78 is 30.4. The lowest BCUT2D eigenvalue weighted by Gasteiger charge is -2.39. The van der Waals surface area contributed by atoms with E-state index in [4.69, 9.17) is 4.74 Å². The zero-order chi connectivity index (χ0) is 17.1. The van der Waals surface area contributed by atoms with Gasteiger partial charge in [0.25, 0.3) is 0 Å². The summed E-state index contributed by atoms with van der Waals surface area (Å²) in [6.07, 6.45) is 4.33. The quantitative estimate of drug-likeness (QED) is 0.725. The van der Waals surface area contributed by atoms with Crippen molar-refractivity contribution in [2.45, 2.75) is 31.7 Å². The van der Waals surface area contributed by atoms with Crippen LogP contribution in [-0.2, 0) is 19.6 Å². The van der Waals surface area contributed by atoms with Gasteiger partial charge in [-0.05, 0) is 39.8 Å². The van der Waals surface area contributed by atoms with E-state index in [9.17, 15) is 13.2 Å². The number of ether oxygens (including phenoxy) is 1. The molecule has 1 atom stereocenters. The van der Waals surface area contributed by atoms with Crippen molar-refractivity contribution in [3.05, 3.63) is 0 Å². The summed E-state index contributed by atoms with van der Waals surface area (Å²) in [7, 11) is 0.728. The Hall–Kier alpha value is -0.700. The van der Waals surface area contributed by atoms with Crippen LogP contribution >= 0.6 is 0 Å². The van der Waals surface area contributed by atoms with Crippen molar-refractivity contribution in [2.75, 3.05) is 53.2 Å². The van der Waals surface area contributed by atoms with Gasteiger partial charge in [-0.3, -0.25) is 4.79 Å². The van der Waals surface area contributed by atoms with E-state index in [-0.39, 0.29) is 11.3 Å². The number of sulfonamides is 1. The van der Waals surface area contributed by atoms with Crippen LogP contribution in [0.15, 0.2) is 0 Å². The zero-order valence-corrected chi connectivity index (χ0v) is 15.2. The van der Waals surface area contributed by atoms with Gasteiger partial charge in [0, 0.05) is 38.3 Å². The molecule has 2 rings (SSSR count). The Bertz CT molecular complexity index is 515. The first-order valence-electron chi connectivity index (χ1n) is 8.21. The summed E-state index contributed by atoms with van der Waals surface area (Å²) in [6.45, 7) is 3.32. The van der Waals surface area contributed by atoms with E-state index < -0.39 is 16.1 Å². The molecule has 0 aromatic carbocycles. The summed E-state index contributed by atoms with van der Waals surface area (Å²) in [5.41, 5.74) is 0.00589. The number of hydrogen-bond acceptors (Lipinski definition) is 5. The molecule has 2 heterocycles. The van der Waals surface area contributed by atoms with Gasteiger partial charge in [-0.2, -0.15) is 4.31 Å². The minimum absolute atomic E-state index is 0.00589. The number of amides is 1. The monoisotopic (exact) mass is 347 g/mol. The smallest absolute Gasteiger partial charge is 0.238 e. The van der Waals surface area contributed by atoms with Gasteiger partial charge in [-0.1, -0.05) is 0 Å². The van der Waals surface area contributed by atoms with E-state index in [1.807, 2.05) is 14.1 Å². The highest BCUT2D eigenvalue weighted by Crippen LogP contribution is 2.30. The van der Waals surface area contributed by atoms with Crippen molar-refractivity contribution >= 4 is 15.9 Å². The van der Waals surface area contributed by atoms with Crippen LogP contribution in [0.4, 0.5) is 0 Å². The second-order valence-corrected chi connectivity index (χ2v) is 9.03. The van der Waals surface area contributed by atoms with Crippen molar-refractivity contribution in [1.29, 1.82) is 0 Å². The molecule has 2 saturated heterocycles. The van der Waals surface area contributed by atoms with Crippen LogP contribution in [-0.4, -0.2) is 82.8 Å². The van der Waals surface area contributed by atoms with E-state index in [1.54, 1.807) is 0 Å². The maximum atomic E-state index is 12.5. The highest BCUT2D eigenvalue weighted by molar-refractivity contribution is 7.88. The molecule has 1 N–H and O–H groups in total. The lowest BCUT2D eigenvalue weighted by atomic mass is 9.79. The fraction of sp³-hybridized carbons (Fsp3) is 0.933. The van der Waals surface area contributed by atoms with E-state index in [1.165, 1.54) is 10.6 Å². The molecular weight excluding hydrogens is 318 g/mol. The van der Waals surface area contributed by atoms with Crippen LogP contribution in [0.25, 0.3) is 0 Å². The lowest BCUT2D eigenvalue weighted by Crippen LogP contribution is -2.51. The van der Waals surface area contributed by atoms with E-state index in [0.29, 0.717) is 32.7 Å². The largest absolute Gasteiger partial charge is 0.381 e. The fourth-order valence-electron chi connectivity index (χ4n) is 3.66. The Morgan fingerprint density at radius 2 is 2.00 bits per heavy atom. The third kappa shape index (κ3) is 4.89. The molecule has 0 bridgehead atoms. The maximum Gasteiger partial charge on any atom is 0.238 e. The van der Waals surface area contributed by atoms with Crippen molar-refractivity contribution in [1.82, 2.24) is 14.5 Å². The highest BCUT2D eigenvalue weighted by Gasteiger charge is 2.38. The van der Waals surface area contributed by atoms with E-state index >= 15 is 0 Å². The Balaban J connectivity index is 1.98. The second-order valence-electron chi connectivity index (χ2n) is 7.10. The first-order valence-corrected chi connectivity index (χ1v) is 10.1. The summed E-state index contributed by atoms with van der Waals surface area (Å²) in [5.74, 6) is -0.169. The molecule has 0 saturated carbocycles. The minimum atomic E-state index is -3.33. The molecule has 8 heteroatoms. The molecule has 2 aliphatic rings. The summed E-state index contributed by atoms with van der Waals surface area (Å²) in [6, 6.07) is -0.554. The summed E-state index contributed by atoms with van der Waals surface area (Å²) >= 11 is 0. The van der Waals surface area contributed by atoms with Crippen molar-refractivity contribution < 1.29 is 17.9 Å². The normalized spacial score (nSPS) is 25.7. The third-order valence-electron chi connectivity index (χ3n) is 4.78. The maximum absolute atomic E-state index is 12.5. The standard InChI is InChI=1S/C15H29N3O4S/c1-17(2)12-15(6-9-22-10-7-15)11-16-14(19)13-5-4-8-18(13)23(3,20)21/h13H,4-12H2,1-3H3,(H,16,19). The van der Waals surface area contributed by atoms with Gasteiger partial charge in [0.05, 0.1) is 6.26 Å². The number of nitrogens with zero attached hydrogens (tertiary/aromatic N) is 2. The molecular formula is C15H29N3O4S. The molecule has 0 radical (unpaired) electrons. The average Bonchev–Trinajstić information content (AvgIpc) is 2.95. The molecule has 2 fully saturated rings. The minimum Gasteiger partial charge on any atom is -0.381 e. The number of hydrogen-bond donors (Lipinski definition) is 1. The van der Waals surface area contributed by atoms with Crippen LogP contribution in [0.3, 0.4) is 0 Å². The SMILES string of the molecule is CN(C)CC1(CNC(=O)C2CCCN2S(C)(=O)=O)CCOCC1. The summed E-state index contributed by atoms with van der Waals surface area (Å²) in [4.78, 5) is 14.6. The predicted molar refractivity (Wildman–Crippen MR) is 88.6 cm³/mol. The molecule has 1 unspecified atom stereocenters.